The summed E-state index contributed by atoms with van der Waals surface area (Å²) in [7, 11) is 0. The van der Waals surface area contributed by atoms with E-state index in [2.05, 4.69) is 111 Å². The van der Waals surface area contributed by atoms with E-state index in [1.54, 1.807) is 0 Å². The maximum atomic E-state index is 2.49. The Morgan fingerprint density at radius 2 is 1.36 bits per heavy atom. The molecule has 0 fully saturated rings. The molecule has 3 aromatic carbocycles. The van der Waals surface area contributed by atoms with Crippen LogP contribution in [0.5, 0.6) is 0 Å². The first-order valence-corrected chi connectivity index (χ1v) is 10.2. The first-order valence-electron chi connectivity index (χ1n) is 10.2. The van der Waals surface area contributed by atoms with Gasteiger partial charge in [-0.15, -0.1) is 0 Å². The molecule has 0 aliphatic carbocycles. The molecule has 0 amide bonds. The van der Waals surface area contributed by atoms with Gasteiger partial charge in [0.1, 0.15) is 6.67 Å². The van der Waals surface area contributed by atoms with Crippen LogP contribution in [0.4, 0.5) is 22.7 Å². The Morgan fingerprint density at radius 1 is 0.714 bits per heavy atom. The van der Waals surface area contributed by atoms with E-state index in [9.17, 15) is 0 Å². The van der Waals surface area contributed by atoms with Gasteiger partial charge in [0.05, 0.1) is 11.4 Å². The van der Waals surface area contributed by atoms with E-state index in [-0.39, 0.29) is 10.8 Å². The zero-order valence-corrected chi connectivity index (χ0v) is 17.5. The third-order valence-corrected chi connectivity index (χ3v) is 6.44. The number of para-hydroxylation sites is 2. The van der Waals surface area contributed by atoms with Gasteiger partial charge in [-0.2, -0.15) is 0 Å². The Bertz CT molecular complexity index is 1050. The maximum Gasteiger partial charge on any atom is 0.100 e. The average molecular weight is 369 g/mol. The lowest BCUT2D eigenvalue weighted by atomic mass is 9.74. The molecule has 2 aliphatic heterocycles. The molecule has 5 rings (SSSR count). The van der Waals surface area contributed by atoms with Crippen molar-refractivity contribution in [3.05, 3.63) is 83.4 Å². The SMILES string of the molecule is CC(C)(C)c1ccc(N2CN3c4ccccc4C(C)(C)c4cccc2c43)cc1. The van der Waals surface area contributed by atoms with Crippen molar-refractivity contribution in [3.8, 4) is 0 Å². The van der Waals surface area contributed by atoms with E-state index < -0.39 is 0 Å². The summed E-state index contributed by atoms with van der Waals surface area (Å²) in [6.45, 7) is 12.3. The summed E-state index contributed by atoms with van der Waals surface area (Å²) < 4.78 is 0. The Kier molecular flexibility index (Phi) is 3.49. The molecule has 2 nitrogen and oxygen atoms in total. The van der Waals surface area contributed by atoms with Crippen molar-refractivity contribution >= 4 is 22.7 Å². The van der Waals surface area contributed by atoms with Crippen molar-refractivity contribution in [3.63, 3.8) is 0 Å². The summed E-state index contributed by atoms with van der Waals surface area (Å²) in [5.74, 6) is 0. The van der Waals surface area contributed by atoms with Crippen molar-refractivity contribution in [1.29, 1.82) is 0 Å². The highest BCUT2D eigenvalue weighted by molar-refractivity contribution is 5.93. The predicted octanol–water partition coefficient (Wildman–Crippen LogP) is 6.87. The van der Waals surface area contributed by atoms with Gasteiger partial charge in [0.2, 0.25) is 0 Å². The molecule has 0 saturated heterocycles. The fraction of sp³-hybridized carbons (Fsp3) is 0.308. The number of rotatable bonds is 1. The fourth-order valence-corrected chi connectivity index (χ4v) is 4.77. The molecule has 0 atom stereocenters. The Labute approximate surface area is 168 Å². The smallest absolute Gasteiger partial charge is 0.100 e. The van der Waals surface area contributed by atoms with Crippen LogP contribution in [0, 0.1) is 0 Å². The Hall–Kier alpha value is -2.74. The maximum absolute atomic E-state index is 2.49. The minimum atomic E-state index is 0.00450. The molecule has 2 heteroatoms. The summed E-state index contributed by atoms with van der Waals surface area (Å²) in [5, 5.41) is 0. The second kappa shape index (κ2) is 5.64. The minimum absolute atomic E-state index is 0.00450. The van der Waals surface area contributed by atoms with Crippen LogP contribution < -0.4 is 9.80 Å². The minimum Gasteiger partial charge on any atom is -0.321 e. The molecule has 2 aliphatic rings. The van der Waals surface area contributed by atoms with Gasteiger partial charge < -0.3 is 9.80 Å². The van der Waals surface area contributed by atoms with Crippen molar-refractivity contribution < 1.29 is 0 Å². The lowest BCUT2D eigenvalue weighted by molar-refractivity contribution is 0.590. The van der Waals surface area contributed by atoms with Gasteiger partial charge >= 0.3 is 0 Å². The first-order chi connectivity index (χ1) is 13.3. The quantitative estimate of drug-likeness (QED) is 0.462. The topological polar surface area (TPSA) is 6.48 Å². The molecule has 0 N–H and O–H groups in total. The second-order valence-electron chi connectivity index (χ2n) is 9.61. The number of fused-ring (bicyclic) bond motifs is 2. The lowest BCUT2D eigenvalue weighted by Crippen LogP contribution is -2.32. The standard InChI is InChI=1S/C26H28N2/c1-25(2,3)18-13-15-19(16-14-18)27-17-28-22-11-7-6-9-20(22)26(4,5)21-10-8-12-23(27)24(21)28/h6-16H,17H2,1-5H3. The second-order valence-corrected chi connectivity index (χ2v) is 9.61. The third-order valence-electron chi connectivity index (χ3n) is 6.44. The van der Waals surface area contributed by atoms with E-state index in [0.717, 1.165) is 6.67 Å². The molecule has 0 spiro atoms. The Balaban J connectivity index is 1.65. The molecule has 0 aromatic heterocycles. The molecule has 0 saturated carbocycles. The summed E-state index contributed by atoms with van der Waals surface area (Å²) in [4.78, 5) is 4.94. The van der Waals surface area contributed by atoms with Gasteiger partial charge in [-0.05, 0) is 46.4 Å². The lowest BCUT2D eigenvalue weighted by Gasteiger charge is -2.39. The van der Waals surface area contributed by atoms with Crippen LogP contribution >= 0.6 is 0 Å². The molecule has 2 heterocycles. The zero-order chi connectivity index (χ0) is 19.7. The highest BCUT2D eigenvalue weighted by Crippen LogP contribution is 2.56. The van der Waals surface area contributed by atoms with Gasteiger partial charge in [-0.1, -0.05) is 77.1 Å². The highest BCUT2D eigenvalue weighted by Gasteiger charge is 2.41. The van der Waals surface area contributed by atoms with Crippen LogP contribution in [0.1, 0.15) is 51.3 Å². The molecule has 142 valence electrons. The van der Waals surface area contributed by atoms with Gasteiger partial charge in [0.25, 0.3) is 0 Å². The van der Waals surface area contributed by atoms with E-state index in [1.807, 2.05) is 0 Å². The molecule has 0 unspecified atom stereocenters. The summed E-state index contributed by atoms with van der Waals surface area (Å²) >= 11 is 0. The van der Waals surface area contributed by atoms with Crippen molar-refractivity contribution in [2.24, 2.45) is 0 Å². The van der Waals surface area contributed by atoms with Gasteiger partial charge in [-0.3, -0.25) is 0 Å². The number of hydrogen-bond acceptors (Lipinski definition) is 2. The Morgan fingerprint density at radius 3 is 2.07 bits per heavy atom. The van der Waals surface area contributed by atoms with Crippen LogP contribution in [0.25, 0.3) is 0 Å². The van der Waals surface area contributed by atoms with Crippen LogP contribution in [0.3, 0.4) is 0 Å². The summed E-state index contributed by atoms with van der Waals surface area (Å²) in [6.07, 6.45) is 0. The molecule has 0 radical (unpaired) electrons. The zero-order valence-electron chi connectivity index (χ0n) is 17.5. The summed E-state index contributed by atoms with van der Waals surface area (Å²) in [6, 6.07) is 24.7. The largest absolute Gasteiger partial charge is 0.321 e. The number of nitrogens with zero attached hydrogens (tertiary/aromatic N) is 2. The number of hydrogen-bond donors (Lipinski definition) is 0. The van der Waals surface area contributed by atoms with E-state index in [1.165, 1.54) is 39.4 Å². The van der Waals surface area contributed by atoms with Crippen molar-refractivity contribution in [2.75, 3.05) is 16.5 Å². The molecule has 0 bridgehead atoms. The predicted molar refractivity (Wildman–Crippen MR) is 119 cm³/mol. The van der Waals surface area contributed by atoms with Crippen molar-refractivity contribution in [2.45, 2.75) is 45.4 Å². The van der Waals surface area contributed by atoms with Crippen LogP contribution in [-0.4, -0.2) is 6.67 Å². The van der Waals surface area contributed by atoms with E-state index >= 15 is 0 Å². The molecular formula is C26H28N2. The number of anilines is 4. The molecular weight excluding hydrogens is 340 g/mol. The van der Waals surface area contributed by atoms with Crippen LogP contribution in [-0.2, 0) is 10.8 Å². The van der Waals surface area contributed by atoms with Crippen LogP contribution in [0.15, 0.2) is 66.7 Å². The van der Waals surface area contributed by atoms with E-state index in [4.69, 9.17) is 0 Å². The highest BCUT2D eigenvalue weighted by atomic mass is 15.4. The first kappa shape index (κ1) is 17.4. The number of benzene rings is 3. The molecule has 28 heavy (non-hydrogen) atoms. The average Bonchev–Trinajstić information content (AvgIpc) is 3.06. The monoisotopic (exact) mass is 368 g/mol. The summed E-state index contributed by atoms with van der Waals surface area (Å²) in [5.41, 5.74) is 9.64. The van der Waals surface area contributed by atoms with Gasteiger partial charge in [0, 0.05) is 16.8 Å². The molecule has 3 aromatic rings. The normalized spacial score (nSPS) is 16.8. The van der Waals surface area contributed by atoms with Gasteiger partial charge in [-0.25, -0.2) is 0 Å². The fourth-order valence-electron chi connectivity index (χ4n) is 4.77. The van der Waals surface area contributed by atoms with E-state index in [0.29, 0.717) is 0 Å². The van der Waals surface area contributed by atoms with Gasteiger partial charge in [0.15, 0.2) is 0 Å². The third kappa shape index (κ3) is 2.33. The van der Waals surface area contributed by atoms with Crippen LogP contribution in [0.2, 0.25) is 0 Å². The van der Waals surface area contributed by atoms with Crippen molar-refractivity contribution in [1.82, 2.24) is 0 Å².